The summed E-state index contributed by atoms with van der Waals surface area (Å²) < 4.78 is 18.1. The van der Waals surface area contributed by atoms with Gasteiger partial charge in [-0.15, -0.1) is 6.58 Å². The molecule has 0 aliphatic heterocycles. The molecule has 1 aromatic carbocycles. The third-order valence-corrected chi connectivity index (χ3v) is 2.45. The van der Waals surface area contributed by atoms with E-state index < -0.39 is 5.97 Å². The van der Waals surface area contributed by atoms with E-state index in [0.29, 0.717) is 31.9 Å². The van der Waals surface area contributed by atoms with Crippen LogP contribution in [0.3, 0.4) is 0 Å². The number of aliphatic carboxylic acids is 1. The highest BCUT2D eigenvalue weighted by Gasteiger charge is 2.07. The zero-order chi connectivity index (χ0) is 14.1. The number of carboxylic acids is 1. The molecular formula is C14H18FNO3. The summed E-state index contributed by atoms with van der Waals surface area (Å²) in [4.78, 5) is 12.4. The molecule has 0 aliphatic carbocycles. The summed E-state index contributed by atoms with van der Waals surface area (Å²) in [7, 11) is 0. The molecule has 0 spiro atoms. The van der Waals surface area contributed by atoms with Crippen LogP contribution in [0.1, 0.15) is 6.42 Å². The summed E-state index contributed by atoms with van der Waals surface area (Å²) in [5.74, 6) is -0.554. The Morgan fingerprint density at radius 1 is 1.42 bits per heavy atom. The topological polar surface area (TPSA) is 49.8 Å². The van der Waals surface area contributed by atoms with Gasteiger partial charge in [-0.3, -0.25) is 9.69 Å². The van der Waals surface area contributed by atoms with E-state index in [-0.39, 0.29) is 12.4 Å². The predicted molar refractivity (Wildman–Crippen MR) is 70.8 cm³/mol. The molecule has 0 aliphatic rings. The minimum Gasteiger partial charge on any atom is -0.494 e. The molecule has 1 aromatic rings. The van der Waals surface area contributed by atoms with Crippen molar-refractivity contribution >= 4 is 5.97 Å². The molecule has 0 atom stereocenters. The van der Waals surface area contributed by atoms with Crippen molar-refractivity contribution in [2.45, 2.75) is 6.42 Å². The lowest BCUT2D eigenvalue weighted by molar-refractivity contribution is -0.138. The summed E-state index contributed by atoms with van der Waals surface area (Å²) in [5, 5.41) is 8.73. The molecule has 0 saturated carbocycles. The maximum Gasteiger partial charge on any atom is 0.317 e. The van der Waals surface area contributed by atoms with Crippen LogP contribution in [-0.4, -0.2) is 42.2 Å². The molecule has 0 fully saturated rings. The SMILES string of the molecule is C=CCN(CCCOc1ccc(F)cc1)CC(=O)O. The van der Waals surface area contributed by atoms with Gasteiger partial charge >= 0.3 is 5.97 Å². The van der Waals surface area contributed by atoms with Gasteiger partial charge in [0.05, 0.1) is 13.2 Å². The predicted octanol–water partition coefficient (Wildman–Crippen LogP) is 2.17. The molecule has 0 saturated heterocycles. The summed E-state index contributed by atoms with van der Waals surface area (Å²) >= 11 is 0. The number of halogens is 1. The van der Waals surface area contributed by atoms with Gasteiger partial charge in [-0.05, 0) is 30.7 Å². The van der Waals surface area contributed by atoms with Crippen LogP contribution in [0.15, 0.2) is 36.9 Å². The lowest BCUT2D eigenvalue weighted by atomic mass is 10.3. The van der Waals surface area contributed by atoms with Crippen molar-refractivity contribution < 1.29 is 19.0 Å². The number of carbonyl (C=O) groups is 1. The van der Waals surface area contributed by atoms with Crippen molar-refractivity contribution in [2.75, 3.05) is 26.2 Å². The van der Waals surface area contributed by atoms with Crippen LogP contribution in [0.2, 0.25) is 0 Å². The molecule has 4 nitrogen and oxygen atoms in total. The van der Waals surface area contributed by atoms with E-state index in [1.54, 1.807) is 23.1 Å². The third kappa shape index (κ3) is 6.57. The van der Waals surface area contributed by atoms with Crippen LogP contribution in [0.25, 0.3) is 0 Å². The number of carboxylic acid groups (broad SMARTS) is 1. The molecule has 1 rings (SSSR count). The molecule has 19 heavy (non-hydrogen) atoms. The summed E-state index contributed by atoms with van der Waals surface area (Å²) in [6.45, 7) is 5.18. The number of ether oxygens (including phenoxy) is 1. The molecule has 0 bridgehead atoms. The summed E-state index contributed by atoms with van der Waals surface area (Å²) in [5.41, 5.74) is 0. The van der Waals surface area contributed by atoms with E-state index in [9.17, 15) is 9.18 Å². The highest BCUT2D eigenvalue weighted by molar-refractivity contribution is 5.69. The van der Waals surface area contributed by atoms with Crippen molar-refractivity contribution in [1.29, 1.82) is 0 Å². The number of nitrogens with zero attached hydrogens (tertiary/aromatic N) is 1. The minimum atomic E-state index is -0.860. The molecule has 104 valence electrons. The first-order chi connectivity index (χ1) is 9.11. The van der Waals surface area contributed by atoms with Crippen molar-refractivity contribution in [3.63, 3.8) is 0 Å². The van der Waals surface area contributed by atoms with Gasteiger partial charge in [-0.1, -0.05) is 6.08 Å². The molecule has 1 N–H and O–H groups in total. The Morgan fingerprint density at radius 2 is 2.11 bits per heavy atom. The zero-order valence-corrected chi connectivity index (χ0v) is 10.7. The lowest BCUT2D eigenvalue weighted by Gasteiger charge is -2.18. The standard InChI is InChI=1S/C14H18FNO3/c1-2-8-16(11-14(17)18)9-3-10-19-13-6-4-12(15)5-7-13/h2,4-7H,1,3,8-11H2,(H,17,18). The molecular weight excluding hydrogens is 249 g/mol. The Bertz CT molecular complexity index is 406. The summed E-state index contributed by atoms with van der Waals surface area (Å²) in [6, 6.07) is 5.80. The number of benzene rings is 1. The largest absolute Gasteiger partial charge is 0.494 e. The van der Waals surface area contributed by atoms with E-state index in [4.69, 9.17) is 9.84 Å². The van der Waals surface area contributed by atoms with Gasteiger partial charge in [0.1, 0.15) is 11.6 Å². The van der Waals surface area contributed by atoms with E-state index >= 15 is 0 Å². The Hall–Kier alpha value is -1.88. The van der Waals surface area contributed by atoms with Gasteiger partial charge in [-0.2, -0.15) is 0 Å². The minimum absolute atomic E-state index is 0.0113. The molecule has 0 unspecified atom stereocenters. The van der Waals surface area contributed by atoms with Crippen molar-refractivity contribution in [1.82, 2.24) is 4.90 Å². The van der Waals surface area contributed by atoms with Crippen LogP contribution >= 0.6 is 0 Å². The Labute approximate surface area is 112 Å². The second kappa shape index (κ2) is 8.26. The highest BCUT2D eigenvalue weighted by Crippen LogP contribution is 2.11. The fourth-order valence-electron chi connectivity index (χ4n) is 1.62. The van der Waals surface area contributed by atoms with Gasteiger partial charge in [-0.25, -0.2) is 4.39 Å². The smallest absolute Gasteiger partial charge is 0.317 e. The fraction of sp³-hybridized carbons (Fsp3) is 0.357. The Kier molecular flexibility index (Phi) is 6.60. The first-order valence-corrected chi connectivity index (χ1v) is 6.05. The molecule has 0 radical (unpaired) electrons. The fourth-order valence-corrected chi connectivity index (χ4v) is 1.62. The molecule has 0 heterocycles. The highest BCUT2D eigenvalue weighted by atomic mass is 19.1. The van der Waals surface area contributed by atoms with Gasteiger partial charge in [0.2, 0.25) is 0 Å². The van der Waals surface area contributed by atoms with Crippen LogP contribution in [0.5, 0.6) is 5.75 Å². The second-order valence-corrected chi connectivity index (χ2v) is 4.07. The average Bonchev–Trinajstić information content (AvgIpc) is 2.36. The van der Waals surface area contributed by atoms with Crippen molar-refractivity contribution in [2.24, 2.45) is 0 Å². The lowest BCUT2D eigenvalue weighted by Crippen LogP contribution is -2.31. The average molecular weight is 267 g/mol. The first-order valence-electron chi connectivity index (χ1n) is 6.05. The maximum absolute atomic E-state index is 12.7. The van der Waals surface area contributed by atoms with Crippen LogP contribution in [-0.2, 0) is 4.79 Å². The van der Waals surface area contributed by atoms with Gasteiger partial charge < -0.3 is 9.84 Å². The summed E-state index contributed by atoms with van der Waals surface area (Å²) in [6.07, 6.45) is 2.36. The Morgan fingerprint density at radius 3 is 2.68 bits per heavy atom. The van der Waals surface area contributed by atoms with Gasteiger partial charge in [0.25, 0.3) is 0 Å². The maximum atomic E-state index is 12.7. The molecule has 0 aromatic heterocycles. The first kappa shape index (κ1) is 15.2. The monoisotopic (exact) mass is 267 g/mol. The van der Waals surface area contributed by atoms with E-state index in [1.807, 2.05) is 0 Å². The second-order valence-electron chi connectivity index (χ2n) is 4.07. The van der Waals surface area contributed by atoms with E-state index in [2.05, 4.69) is 6.58 Å². The van der Waals surface area contributed by atoms with Gasteiger partial charge in [0.15, 0.2) is 0 Å². The van der Waals surface area contributed by atoms with Crippen molar-refractivity contribution in [3.8, 4) is 5.75 Å². The third-order valence-electron chi connectivity index (χ3n) is 2.45. The quantitative estimate of drug-likeness (QED) is 0.550. The molecule has 5 heteroatoms. The van der Waals surface area contributed by atoms with Crippen LogP contribution in [0.4, 0.5) is 4.39 Å². The van der Waals surface area contributed by atoms with Crippen LogP contribution in [0, 0.1) is 5.82 Å². The number of hydrogen-bond acceptors (Lipinski definition) is 3. The Balaban J connectivity index is 2.26. The van der Waals surface area contributed by atoms with E-state index in [0.717, 1.165) is 0 Å². The van der Waals surface area contributed by atoms with Crippen LogP contribution < -0.4 is 4.74 Å². The van der Waals surface area contributed by atoms with E-state index in [1.165, 1.54) is 12.1 Å². The number of hydrogen-bond donors (Lipinski definition) is 1. The number of rotatable bonds is 9. The van der Waals surface area contributed by atoms with Crippen molar-refractivity contribution in [3.05, 3.63) is 42.7 Å². The molecule has 0 amide bonds. The normalized spacial score (nSPS) is 10.4. The van der Waals surface area contributed by atoms with Gasteiger partial charge in [0, 0.05) is 13.1 Å². The zero-order valence-electron chi connectivity index (χ0n) is 10.7.